The van der Waals surface area contributed by atoms with Gasteiger partial charge in [-0.05, 0) is 13.8 Å². The van der Waals surface area contributed by atoms with Crippen LogP contribution in [0.4, 0.5) is 0 Å². The number of hydrogen-bond donors (Lipinski definition) is 1. The Morgan fingerprint density at radius 3 is 1.92 bits per heavy atom. The largest absolute Gasteiger partial charge is 0.479 e. The van der Waals surface area contributed by atoms with Gasteiger partial charge in [-0.2, -0.15) is 0 Å². The Balaban J connectivity index is 2.94. The van der Waals surface area contributed by atoms with E-state index in [-0.39, 0.29) is 0 Å². The topological polar surface area (TPSA) is 84.0 Å². The van der Waals surface area contributed by atoms with E-state index in [0.717, 1.165) is 6.26 Å². The second kappa shape index (κ2) is 2.45. The van der Waals surface area contributed by atoms with Gasteiger partial charge in [0.05, 0.1) is 5.75 Å². The lowest BCUT2D eigenvalue weighted by molar-refractivity contribution is -0.142. The van der Waals surface area contributed by atoms with Crippen LogP contribution in [0.5, 0.6) is 0 Å². The normalized spacial score (nSPS) is 31.3. The van der Waals surface area contributed by atoms with Crippen LogP contribution in [0, 0.1) is 0 Å². The molecule has 1 aliphatic rings. The summed E-state index contributed by atoms with van der Waals surface area (Å²) >= 11 is 0. The molecule has 0 saturated carbocycles. The highest BCUT2D eigenvalue weighted by molar-refractivity contribution is 7.90. The Kier molecular flexibility index (Phi) is 1.97. The zero-order valence-electron chi connectivity index (χ0n) is 7.70. The van der Waals surface area contributed by atoms with Crippen LogP contribution in [-0.4, -0.2) is 42.7 Å². The standard InChI is InChI=1S/C7H12O5S/c1-6(2)7(12-6,5(8)9)4-13(3,10)11/h4H2,1-3H3,(H,8,9). The molecule has 0 aromatic carbocycles. The number of carboxylic acid groups (broad SMARTS) is 1. The zero-order valence-corrected chi connectivity index (χ0v) is 8.51. The maximum absolute atomic E-state index is 10.9. The fourth-order valence-electron chi connectivity index (χ4n) is 1.35. The quantitative estimate of drug-likeness (QED) is 0.641. The van der Waals surface area contributed by atoms with Gasteiger partial charge in [0.2, 0.25) is 5.60 Å². The van der Waals surface area contributed by atoms with E-state index in [9.17, 15) is 13.2 Å². The molecular weight excluding hydrogens is 196 g/mol. The molecule has 0 amide bonds. The van der Waals surface area contributed by atoms with Crippen molar-refractivity contribution in [1.82, 2.24) is 0 Å². The van der Waals surface area contributed by atoms with Crippen LogP contribution in [0.15, 0.2) is 0 Å². The van der Waals surface area contributed by atoms with E-state index < -0.39 is 32.8 Å². The summed E-state index contributed by atoms with van der Waals surface area (Å²) in [6.45, 7) is 3.12. The van der Waals surface area contributed by atoms with Crippen molar-refractivity contribution in [1.29, 1.82) is 0 Å². The minimum Gasteiger partial charge on any atom is -0.479 e. The molecule has 5 nitrogen and oxygen atoms in total. The predicted octanol–water partition coefficient (Wildman–Crippen LogP) is -0.337. The lowest BCUT2D eigenvalue weighted by Gasteiger charge is -2.07. The smallest absolute Gasteiger partial charge is 0.340 e. The third-order valence-electron chi connectivity index (χ3n) is 2.17. The molecule has 0 aromatic heterocycles. The van der Waals surface area contributed by atoms with Crippen molar-refractivity contribution < 1.29 is 23.1 Å². The van der Waals surface area contributed by atoms with E-state index in [4.69, 9.17) is 9.84 Å². The summed E-state index contributed by atoms with van der Waals surface area (Å²) in [4.78, 5) is 10.8. The van der Waals surface area contributed by atoms with Crippen molar-refractivity contribution in [2.45, 2.75) is 25.0 Å². The summed E-state index contributed by atoms with van der Waals surface area (Å²) in [5.74, 6) is -1.69. The molecule has 0 bridgehead atoms. The summed E-state index contributed by atoms with van der Waals surface area (Å²) < 4.78 is 26.8. The first-order chi connectivity index (χ1) is 5.61. The second-order valence-electron chi connectivity index (χ2n) is 3.81. The van der Waals surface area contributed by atoms with Gasteiger partial charge in [-0.15, -0.1) is 0 Å². The number of rotatable bonds is 3. The van der Waals surface area contributed by atoms with Gasteiger partial charge < -0.3 is 9.84 Å². The highest BCUT2D eigenvalue weighted by Gasteiger charge is 2.71. The van der Waals surface area contributed by atoms with Gasteiger partial charge >= 0.3 is 5.97 Å². The van der Waals surface area contributed by atoms with E-state index in [0.29, 0.717) is 0 Å². The molecule has 13 heavy (non-hydrogen) atoms. The van der Waals surface area contributed by atoms with Gasteiger partial charge in [0.15, 0.2) is 9.84 Å². The van der Waals surface area contributed by atoms with Crippen LogP contribution in [0.3, 0.4) is 0 Å². The van der Waals surface area contributed by atoms with Crippen LogP contribution in [-0.2, 0) is 19.4 Å². The first kappa shape index (κ1) is 10.5. The minimum atomic E-state index is -3.34. The fourth-order valence-corrected chi connectivity index (χ4v) is 2.61. The molecule has 1 fully saturated rings. The summed E-state index contributed by atoms with van der Waals surface area (Å²) in [6, 6.07) is 0. The van der Waals surface area contributed by atoms with Crippen LogP contribution in [0.25, 0.3) is 0 Å². The van der Waals surface area contributed by atoms with E-state index >= 15 is 0 Å². The van der Waals surface area contributed by atoms with Crippen LogP contribution >= 0.6 is 0 Å². The molecule has 1 N–H and O–H groups in total. The molecule has 0 spiro atoms. The molecule has 1 aliphatic heterocycles. The molecule has 1 rings (SSSR count). The second-order valence-corrected chi connectivity index (χ2v) is 5.95. The average Bonchev–Trinajstić information content (AvgIpc) is 2.30. The van der Waals surface area contributed by atoms with Crippen molar-refractivity contribution >= 4 is 15.8 Å². The third-order valence-corrected chi connectivity index (χ3v) is 3.10. The number of hydrogen-bond acceptors (Lipinski definition) is 4. The number of ether oxygens (including phenoxy) is 1. The SMILES string of the molecule is CC1(C)OC1(CS(C)(=O)=O)C(=O)O. The van der Waals surface area contributed by atoms with Crippen molar-refractivity contribution in [2.24, 2.45) is 0 Å². The number of carboxylic acids is 1. The van der Waals surface area contributed by atoms with E-state index in [2.05, 4.69) is 0 Å². The number of epoxide rings is 1. The first-order valence-electron chi connectivity index (χ1n) is 3.72. The average molecular weight is 208 g/mol. The minimum absolute atomic E-state index is 0.470. The summed E-state index contributed by atoms with van der Waals surface area (Å²) in [7, 11) is -3.34. The van der Waals surface area contributed by atoms with Crippen LogP contribution in [0.2, 0.25) is 0 Å². The molecular formula is C7H12O5S. The third kappa shape index (κ3) is 1.68. The summed E-state index contributed by atoms with van der Waals surface area (Å²) in [5, 5.41) is 8.81. The van der Waals surface area contributed by atoms with Gasteiger partial charge in [-0.25, -0.2) is 13.2 Å². The molecule has 6 heteroatoms. The highest BCUT2D eigenvalue weighted by Crippen LogP contribution is 2.48. The Morgan fingerprint density at radius 2 is 1.85 bits per heavy atom. The predicted molar refractivity (Wildman–Crippen MR) is 45.2 cm³/mol. The molecule has 0 aromatic rings. The molecule has 76 valence electrons. The van der Waals surface area contributed by atoms with Gasteiger partial charge in [0, 0.05) is 6.26 Å². The van der Waals surface area contributed by atoms with Crippen LogP contribution in [0.1, 0.15) is 13.8 Å². The Morgan fingerprint density at radius 1 is 1.46 bits per heavy atom. The van der Waals surface area contributed by atoms with Crippen molar-refractivity contribution in [3.8, 4) is 0 Å². The molecule has 1 saturated heterocycles. The van der Waals surface area contributed by atoms with E-state index in [1.807, 2.05) is 0 Å². The monoisotopic (exact) mass is 208 g/mol. The number of aliphatic carboxylic acids is 1. The molecule has 1 unspecified atom stereocenters. The number of carbonyl (C=O) groups is 1. The maximum Gasteiger partial charge on any atom is 0.340 e. The lowest BCUT2D eigenvalue weighted by Crippen LogP contribution is -2.37. The Hall–Kier alpha value is -0.620. The number of sulfone groups is 1. The molecule has 0 aliphatic carbocycles. The van der Waals surface area contributed by atoms with Gasteiger partial charge in [0.1, 0.15) is 5.60 Å². The van der Waals surface area contributed by atoms with Crippen molar-refractivity contribution in [3.63, 3.8) is 0 Å². The summed E-state index contributed by atoms with van der Waals surface area (Å²) in [6.07, 6.45) is 0.995. The lowest BCUT2D eigenvalue weighted by atomic mass is 9.98. The van der Waals surface area contributed by atoms with Crippen molar-refractivity contribution in [2.75, 3.05) is 12.0 Å². The van der Waals surface area contributed by atoms with Crippen LogP contribution < -0.4 is 0 Å². The molecule has 0 radical (unpaired) electrons. The molecule has 1 atom stereocenters. The zero-order chi connectivity index (χ0) is 10.5. The maximum atomic E-state index is 10.9. The Labute approximate surface area is 76.6 Å². The van der Waals surface area contributed by atoms with E-state index in [1.54, 1.807) is 13.8 Å². The van der Waals surface area contributed by atoms with Gasteiger partial charge in [-0.1, -0.05) is 0 Å². The van der Waals surface area contributed by atoms with Crippen molar-refractivity contribution in [3.05, 3.63) is 0 Å². The van der Waals surface area contributed by atoms with Gasteiger partial charge in [0.25, 0.3) is 0 Å². The summed E-state index contributed by atoms with van der Waals surface area (Å²) in [5.41, 5.74) is -2.43. The highest BCUT2D eigenvalue weighted by atomic mass is 32.2. The van der Waals surface area contributed by atoms with E-state index in [1.165, 1.54) is 0 Å². The Bertz CT molecular complexity index is 342. The molecule has 1 heterocycles. The first-order valence-corrected chi connectivity index (χ1v) is 5.78. The fraction of sp³-hybridized carbons (Fsp3) is 0.857. The van der Waals surface area contributed by atoms with Gasteiger partial charge in [-0.3, -0.25) is 0 Å².